The van der Waals surface area contributed by atoms with E-state index in [4.69, 9.17) is 4.74 Å². The molecule has 1 aliphatic heterocycles. The van der Waals surface area contributed by atoms with Crippen molar-refractivity contribution in [2.24, 2.45) is 0 Å². The van der Waals surface area contributed by atoms with Gasteiger partial charge in [-0.1, -0.05) is 0 Å². The van der Waals surface area contributed by atoms with Crippen molar-refractivity contribution in [2.75, 3.05) is 25.1 Å². The Labute approximate surface area is 112 Å². The van der Waals surface area contributed by atoms with Gasteiger partial charge in [0.15, 0.2) is 0 Å². The molecular formula is C14H18N4O. The molecule has 0 aromatic carbocycles. The monoisotopic (exact) mass is 258 g/mol. The lowest BCUT2D eigenvalue weighted by Gasteiger charge is -2.31. The number of rotatable bonds is 2. The van der Waals surface area contributed by atoms with Crippen molar-refractivity contribution in [2.45, 2.75) is 25.9 Å². The van der Waals surface area contributed by atoms with Gasteiger partial charge in [0.2, 0.25) is 5.95 Å². The fourth-order valence-electron chi connectivity index (χ4n) is 2.48. The van der Waals surface area contributed by atoms with E-state index >= 15 is 0 Å². The highest BCUT2D eigenvalue weighted by molar-refractivity contribution is 5.78. The number of hydrogen-bond acceptors (Lipinski definition) is 5. The highest BCUT2D eigenvalue weighted by atomic mass is 16.5. The summed E-state index contributed by atoms with van der Waals surface area (Å²) >= 11 is 0. The van der Waals surface area contributed by atoms with Crippen LogP contribution in [0.5, 0.6) is 0 Å². The molecule has 5 nitrogen and oxygen atoms in total. The van der Waals surface area contributed by atoms with Crippen molar-refractivity contribution in [3.63, 3.8) is 0 Å². The summed E-state index contributed by atoms with van der Waals surface area (Å²) in [6, 6.07) is 2.01. The number of aromatic nitrogens is 3. The molecule has 0 bridgehead atoms. The maximum absolute atomic E-state index is 5.38. The minimum absolute atomic E-state index is 0.376. The summed E-state index contributed by atoms with van der Waals surface area (Å²) in [5, 5.41) is 1.04. The molecule has 3 heterocycles. The fraction of sp³-hybridized carbons (Fsp3) is 0.500. The summed E-state index contributed by atoms with van der Waals surface area (Å²) in [4.78, 5) is 15.6. The van der Waals surface area contributed by atoms with E-state index in [9.17, 15) is 0 Å². The molecule has 1 saturated heterocycles. The largest absolute Gasteiger partial charge is 0.381 e. The van der Waals surface area contributed by atoms with E-state index in [2.05, 4.69) is 19.9 Å². The minimum Gasteiger partial charge on any atom is -0.381 e. The lowest BCUT2D eigenvalue weighted by molar-refractivity contribution is 0.0817. The Kier molecular flexibility index (Phi) is 3.29. The van der Waals surface area contributed by atoms with E-state index in [0.29, 0.717) is 6.10 Å². The molecule has 0 aliphatic carbocycles. The summed E-state index contributed by atoms with van der Waals surface area (Å²) in [5.41, 5.74) is 1.90. The first kappa shape index (κ1) is 12.3. The molecule has 1 aliphatic rings. The van der Waals surface area contributed by atoms with E-state index in [1.807, 2.05) is 25.4 Å². The van der Waals surface area contributed by atoms with E-state index in [1.165, 1.54) is 0 Å². The van der Waals surface area contributed by atoms with Crippen molar-refractivity contribution < 1.29 is 4.74 Å². The summed E-state index contributed by atoms with van der Waals surface area (Å²) in [5.74, 6) is 0.799. The van der Waals surface area contributed by atoms with Crippen LogP contribution in [-0.4, -0.2) is 41.3 Å². The van der Waals surface area contributed by atoms with Gasteiger partial charge in [-0.05, 0) is 25.8 Å². The zero-order chi connectivity index (χ0) is 13.2. The smallest absolute Gasteiger partial charge is 0.225 e. The van der Waals surface area contributed by atoms with E-state index in [1.54, 1.807) is 7.11 Å². The van der Waals surface area contributed by atoms with Gasteiger partial charge >= 0.3 is 0 Å². The first-order chi connectivity index (χ1) is 9.26. The second-order valence-electron chi connectivity index (χ2n) is 4.98. The normalized spacial score (nSPS) is 17.1. The molecule has 0 radical (unpaired) electrons. The SMILES string of the molecule is COC1CCN(c2ncc3cc(C)ncc3n2)CC1. The highest BCUT2D eigenvalue weighted by Gasteiger charge is 2.20. The molecule has 19 heavy (non-hydrogen) atoms. The van der Waals surface area contributed by atoms with Gasteiger partial charge in [0.05, 0.1) is 17.8 Å². The molecule has 0 unspecified atom stereocenters. The summed E-state index contributed by atoms with van der Waals surface area (Å²) in [6.07, 6.45) is 6.14. The van der Waals surface area contributed by atoms with Crippen LogP contribution >= 0.6 is 0 Å². The van der Waals surface area contributed by atoms with Crippen molar-refractivity contribution >= 4 is 16.9 Å². The molecular weight excluding hydrogens is 240 g/mol. The number of nitrogens with zero attached hydrogens (tertiary/aromatic N) is 4. The standard InChI is InChI=1S/C14H18N4O/c1-10-7-11-8-16-14(17-13(11)9-15-10)18-5-3-12(19-2)4-6-18/h7-9,12H,3-6H2,1-2H3. The Bertz CT molecular complexity index is 579. The minimum atomic E-state index is 0.376. The Hall–Kier alpha value is -1.75. The average molecular weight is 258 g/mol. The van der Waals surface area contributed by atoms with Crippen LogP contribution in [0.25, 0.3) is 10.9 Å². The lowest BCUT2D eigenvalue weighted by atomic mass is 10.1. The number of fused-ring (bicyclic) bond motifs is 1. The number of hydrogen-bond donors (Lipinski definition) is 0. The zero-order valence-electron chi connectivity index (χ0n) is 11.3. The fourth-order valence-corrected chi connectivity index (χ4v) is 2.48. The van der Waals surface area contributed by atoms with Gasteiger partial charge in [-0.25, -0.2) is 9.97 Å². The van der Waals surface area contributed by atoms with E-state index in [-0.39, 0.29) is 0 Å². The van der Waals surface area contributed by atoms with Crippen molar-refractivity contribution in [1.29, 1.82) is 0 Å². The number of ether oxygens (including phenoxy) is 1. The Morgan fingerprint density at radius 1 is 1.21 bits per heavy atom. The summed E-state index contributed by atoms with van der Waals surface area (Å²) < 4.78 is 5.38. The molecule has 0 atom stereocenters. The molecule has 3 rings (SSSR count). The van der Waals surface area contributed by atoms with Crippen molar-refractivity contribution in [1.82, 2.24) is 15.0 Å². The van der Waals surface area contributed by atoms with Crippen LogP contribution in [0.3, 0.4) is 0 Å². The third-order valence-electron chi connectivity index (χ3n) is 3.65. The van der Waals surface area contributed by atoms with Crippen LogP contribution in [-0.2, 0) is 4.74 Å². The molecule has 2 aromatic heterocycles. The zero-order valence-corrected chi connectivity index (χ0v) is 11.3. The third-order valence-corrected chi connectivity index (χ3v) is 3.65. The number of pyridine rings is 1. The van der Waals surface area contributed by atoms with Crippen LogP contribution < -0.4 is 4.90 Å². The molecule has 0 spiro atoms. The van der Waals surface area contributed by atoms with Crippen LogP contribution in [0.1, 0.15) is 18.5 Å². The molecule has 0 amide bonds. The number of piperidine rings is 1. The molecule has 2 aromatic rings. The maximum atomic E-state index is 5.38. The highest BCUT2D eigenvalue weighted by Crippen LogP contribution is 2.20. The first-order valence-electron chi connectivity index (χ1n) is 6.63. The van der Waals surface area contributed by atoms with Gasteiger partial charge in [0.1, 0.15) is 0 Å². The number of methoxy groups -OCH3 is 1. The summed E-state index contributed by atoms with van der Waals surface area (Å²) in [6.45, 7) is 3.87. The predicted molar refractivity (Wildman–Crippen MR) is 74.3 cm³/mol. The molecule has 0 N–H and O–H groups in total. The maximum Gasteiger partial charge on any atom is 0.225 e. The van der Waals surface area contributed by atoms with E-state index in [0.717, 1.165) is 48.5 Å². The van der Waals surface area contributed by atoms with Crippen molar-refractivity contribution in [3.8, 4) is 0 Å². The second-order valence-corrected chi connectivity index (χ2v) is 4.98. The quantitative estimate of drug-likeness (QED) is 0.824. The number of aryl methyl sites for hydroxylation is 1. The second kappa shape index (κ2) is 5.09. The average Bonchev–Trinajstić information content (AvgIpc) is 2.47. The van der Waals surface area contributed by atoms with E-state index < -0.39 is 0 Å². The first-order valence-corrected chi connectivity index (χ1v) is 6.63. The third kappa shape index (κ3) is 2.51. The molecule has 1 fully saturated rings. The summed E-state index contributed by atoms with van der Waals surface area (Å²) in [7, 11) is 1.78. The van der Waals surface area contributed by atoms with Crippen LogP contribution in [0.2, 0.25) is 0 Å². The van der Waals surface area contributed by atoms with Gasteiger partial charge in [-0.2, -0.15) is 0 Å². The van der Waals surface area contributed by atoms with Gasteiger partial charge in [0, 0.05) is 37.5 Å². The molecule has 5 heteroatoms. The van der Waals surface area contributed by atoms with Crippen LogP contribution in [0.15, 0.2) is 18.5 Å². The van der Waals surface area contributed by atoms with Crippen LogP contribution in [0.4, 0.5) is 5.95 Å². The Morgan fingerprint density at radius 2 is 2.00 bits per heavy atom. The van der Waals surface area contributed by atoms with Gasteiger partial charge in [-0.15, -0.1) is 0 Å². The van der Waals surface area contributed by atoms with Crippen LogP contribution in [0, 0.1) is 6.92 Å². The van der Waals surface area contributed by atoms with Crippen molar-refractivity contribution in [3.05, 3.63) is 24.2 Å². The number of anilines is 1. The Balaban J connectivity index is 1.84. The Morgan fingerprint density at radius 3 is 2.74 bits per heavy atom. The topological polar surface area (TPSA) is 51.1 Å². The van der Waals surface area contributed by atoms with Gasteiger partial charge < -0.3 is 9.64 Å². The van der Waals surface area contributed by atoms with Gasteiger partial charge in [0.25, 0.3) is 0 Å². The molecule has 0 saturated carbocycles. The predicted octanol–water partition coefficient (Wildman–Crippen LogP) is 1.95. The van der Waals surface area contributed by atoms with Gasteiger partial charge in [-0.3, -0.25) is 4.98 Å². The lowest BCUT2D eigenvalue weighted by Crippen LogP contribution is -2.37. The molecule has 100 valence electrons.